The minimum absolute atomic E-state index is 0.360. The Morgan fingerprint density at radius 2 is 2.32 bits per heavy atom. The van der Waals surface area contributed by atoms with E-state index >= 15 is 0 Å². The summed E-state index contributed by atoms with van der Waals surface area (Å²) in [6, 6.07) is 8.01. The molecule has 1 aromatic carbocycles. The van der Waals surface area contributed by atoms with Crippen LogP contribution in [0.25, 0.3) is 0 Å². The van der Waals surface area contributed by atoms with E-state index in [0.717, 1.165) is 25.6 Å². The largest absolute Gasteiger partial charge is 0.508 e. The Balaban J connectivity index is 1.99. The van der Waals surface area contributed by atoms with Crippen molar-refractivity contribution in [2.24, 2.45) is 5.92 Å². The van der Waals surface area contributed by atoms with Crippen LogP contribution in [0.15, 0.2) is 24.3 Å². The molecule has 0 amide bonds. The van der Waals surface area contributed by atoms with Crippen molar-refractivity contribution in [1.82, 2.24) is 10.2 Å². The first kappa shape index (κ1) is 14.4. The molecule has 2 atom stereocenters. The van der Waals surface area contributed by atoms with Crippen LogP contribution in [0.3, 0.4) is 0 Å². The molecule has 106 valence electrons. The summed E-state index contributed by atoms with van der Waals surface area (Å²) < 4.78 is 0. The minimum atomic E-state index is 0.360. The second kappa shape index (κ2) is 6.92. The smallest absolute Gasteiger partial charge is 0.115 e. The van der Waals surface area contributed by atoms with E-state index in [-0.39, 0.29) is 0 Å². The molecule has 19 heavy (non-hydrogen) atoms. The van der Waals surface area contributed by atoms with E-state index in [1.807, 2.05) is 12.1 Å². The summed E-state index contributed by atoms with van der Waals surface area (Å²) in [5.41, 5.74) is 1.20. The molecule has 2 unspecified atom stereocenters. The average Bonchev–Trinajstić information content (AvgIpc) is 2.45. The molecule has 1 aliphatic rings. The van der Waals surface area contributed by atoms with Crippen molar-refractivity contribution in [3.8, 4) is 5.75 Å². The number of piperidine rings is 1. The van der Waals surface area contributed by atoms with Crippen LogP contribution in [-0.2, 0) is 0 Å². The third-order valence-corrected chi connectivity index (χ3v) is 4.20. The maximum Gasteiger partial charge on any atom is 0.115 e. The number of hydrogen-bond acceptors (Lipinski definition) is 3. The van der Waals surface area contributed by atoms with E-state index in [0.29, 0.717) is 11.8 Å². The number of nitrogens with one attached hydrogen (secondary N) is 1. The van der Waals surface area contributed by atoms with Crippen molar-refractivity contribution in [3.05, 3.63) is 29.8 Å². The Morgan fingerprint density at radius 1 is 1.47 bits per heavy atom. The molecule has 2 rings (SSSR count). The zero-order chi connectivity index (χ0) is 13.7. The van der Waals surface area contributed by atoms with Crippen molar-refractivity contribution in [3.63, 3.8) is 0 Å². The summed E-state index contributed by atoms with van der Waals surface area (Å²) in [7, 11) is 0. The molecule has 0 aromatic heterocycles. The average molecular weight is 262 g/mol. The molecule has 3 heteroatoms. The Morgan fingerprint density at radius 3 is 2.95 bits per heavy atom. The second-order valence-corrected chi connectivity index (χ2v) is 5.57. The Bertz CT molecular complexity index is 388. The quantitative estimate of drug-likeness (QED) is 0.856. The van der Waals surface area contributed by atoms with Gasteiger partial charge >= 0.3 is 0 Å². The molecule has 0 saturated carbocycles. The van der Waals surface area contributed by atoms with Crippen LogP contribution >= 0.6 is 0 Å². The molecule has 0 bridgehead atoms. The summed E-state index contributed by atoms with van der Waals surface area (Å²) in [6.07, 6.45) is 2.62. The number of benzene rings is 1. The van der Waals surface area contributed by atoms with Gasteiger partial charge in [-0.2, -0.15) is 0 Å². The molecule has 1 saturated heterocycles. The summed E-state index contributed by atoms with van der Waals surface area (Å²) in [5.74, 6) is 1.12. The highest BCUT2D eigenvalue weighted by Crippen LogP contribution is 2.25. The topological polar surface area (TPSA) is 35.5 Å². The molecule has 2 N–H and O–H groups in total. The lowest BCUT2D eigenvalue weighted by molar-refractivity contribution is 0.171. The standard InChI is InChI=1S/C16H26N2O/c1-3-18(12-14-6-5-9-17-11-14)13(2)15-7-4-8-16(19)10-15/h4,7-8,10,13-14,17,19H,3,5-6,9,11-12H2,1-2H3. The maximum atomic E-state index is 9.61. The van der Waals surface area contributed by atoms with Crippen molar-refractivity contribution in [2.75, 3.05) is 26.2 Å². The first-order chi connectivity index (χ1) is 9.20. The fraction of sp³-hybridized carbons (Fsp3) is 0.625. The van der Waals surface area contributed by atoms with Crippen LogP contribution in [-0.4, -0.2) is 36.2 Å². The molecule has 1 aromatic rings. The molecular weight excluding hydrogens is 236 g/mol. The Hall–Kier alpha value is -1.06. The second-order valence-electron chi connectivity index (χ2n) is 5.57. The summed E-state index contributed by atoms with van der Waals surface area (Å²) >= 11 is 0. The summed E-state index contributed by atoms with van der Waals surface area (Å²) in [5, 5.41) is 13.1. The SMILES string of the molecule is CCN(CC1CCCNC1)C(C)c1cccc(O)c1. The van der Waals surface area contributed by atoms with Gasteiger partial charge in [0.1, 0.15) is 5.75 Å². The van der Waals surface area contributed by atoms with Gasteiger partial charge < -0.3 is 10.4 Å². The van der Waals surface area contributed by atoms with Gasteiger partial charge in [-0.1, -0.05) is 19.1 Å². The molecule has 1 fully saturated rings. The van der Waals surface area contributed by atoms with Crippen LogP contribution < -0.4 is 5.32 Å². The summed E-state index contributed by atoms with van der Waals surface area (Å²) in [6.45, 7) is 8.95. The van der Waals surface area contributed by atoms with E-state index in [4.69, 9.17) is 0 Å². The predicted molar refractivity (Wildman–Crippen MR) is 79.4 cm³/mol. The van der Waals surface area contributed by atoms with Gasteiger partial charge in [-0.05, 0) is 63.0 Å². The van der Waals surface area contributed by atoms with Gasteiger partial charge in [0.05, 0.1) is 0 Å². The lowest BCUT2D eigenvalue weighted by atomic mass is 9.97. The van der Waals surface area contributed by atoms with Gasteiger partial charge in [-0.3, -0.25) is 4.90 Å². The highest BCUT2D eigenvalue weighted by molar-refractivity contribution is 5.29. The van der Waals surface area contributed by atoms with Crippen LogP contribution in [0, 0.1) is 5.92 Å². The first-order valence-electron chi connectivity index (χ1n) is 7.44. The van der Waals surface area contributed by atoms with Gasteiger partial charge in [-0.15, -0.1) is 0 Å². The van der Waals surface area contributed by atoms with Gasteiger partial charge in [0.25, 0.3) is 0 Å². The fourth-order valence-corrected chi connectivity index (χ4v) is 2.97. The number of phenolic OH excluding ortho intramolecular Hbond substituents is 1. The number of hydrogen-bond donors (Lipinski definition) is 2. The predicted octanol–water partition coefficient (Wildman–Crippen LogP) is 2.77. The molecule has 1 heterocycles. The van der Waals surface area contributed by atoms with Gasteiger partial charge in [0, 0.05) is 12.6 Å². The minimum Gasteiger partial charge on any atom is -0.508 e. The third-order valence-electron chi connectivity index (χ3n) is 4.20. The van der Waals surface area contributed by atoms with Crippen molar-refractivity contribution < 1.29 is 5.11 Å². The monoisotopic (exact) mass is 262 g/mol. The van der Waals surface area contributed by atoms with Crippen LogP contribution in [0.1, 0.15) is 38.3 Å². The normalized spacial score (nSPS) is 21.5. The first-order valence-corrected chi connectivity index (χ1v) is 7.44. The van der Waals surface area contributed by atoms with Crippen molar-refractivity contribution in [1.29, 1.82) is 0 Å². The number of phenols is 1. The van der Waals surface area contributed by atoms with Crippen molar-refractivity contribution >= 4 is 0 Å². The highest BCUT2D eigenvalue weighted by atomic mass is 16.3. The molecule has 1 aliphatic heterocycles. The molecule has 0 spiro atoms. The maximum absolute atomic E-state index is 9.61. The van der Waals surface area contributed by atoms with Gasteiger partial charge in [0.2, 0.25) is 0 Å². The van der Waals surface area contributed by atoms with Crippen molar-refractivity contribution in [2.45, 2.75) is 32.7 Å². The number of rotatable bonds is 5. The van der Waals surface area contributed by atoms with E-state index < -0.39 is 0 Å². The molecule has 3 nitrogen and oxygen atoms in total. The van der Waals surface area contributed by atoms with Gasteiger partial charge in [-0.25, -0.2) is 0 Å². The van der Waals surface area contributed by atoms with E-state index in [1.54, 1.807) is 6.07 Å². The number of nitrogens with zero attached hydrogens (tertiary/aromatic N) is 1. The lowest BCUT2D eigenvalue weighted by Crippen LogP contribution is -2.39. The zero-order valence-electron chi connectivity index (χ0n) is 12.1. The van der Waals surface area contributed by atoms with E-state index in [9.17, 15) is 5.11 Å². The Kier molecular flexibility index (Phi) is 5.23. The molecule has 0 radical (unpaired) electrons. The van der Waals surface area contributed by atoms with E-state index in [1.165, 1.54) is 24.9 Å². The van der Waals surface area contributed by atoms with Crippen LogP contribution in [0.2, 0.25) is 0 Å². The van der Waals surface area contributed by atoms with Crippen LogP contribution in [0.5, 0.6) is 5.75 Å². The van der Waals surface area contributed by atoms with E-state index in [2.05, 4.69) is 30.1 Å². The molecular formula is C16H26N2O. The lowest BCUT2D eigenvalue weighted by Gasteiger charge is -2.33. The summed E-state index contributed by atoms with van der Waals surface area (Å²) in [4.78, 5) is 2.51. The highest BCUT2D eigenvalue weighted by Gasteiger charge is 2.20. The number of aromatic hydroxyl groups is 1. The van der Waals surface area contributed by atoms with Gasteiger partial charge in [0.15, 0.2) is 0 Å². The fourth-order valence-electron chi connectivity index (χ4n) is 2.97. The Labute approximate surface area is 116 Å². The zero-order valence-corrected chi connectivity index (χ0v) is 12.1. The molecule has 0 aliphatic carbocycles. The third kappa shape index (κ3) is 3.95. The van der Waals surface area contributed by atoms with Crippen LogP contribution in [0.4, 0.5) is 0 Å².